The molecule has 0 aliphatic rings. The van der Waals surface area contributed by atoms with Crippen LogP contribution in [0.15, 0.2) is 98.3 Å². The van der Waals surface area contributed by atoms with Crippen molar-refractivity contribution in [1.82, 2.24) is 14.8 Å². The first-order valence-electron chi connectivity index (χ1n) is 11.7. The number of benzene rings is 4. The first-order valence-corrected chi connectivity index (χ1v) is 13.3. The summed E-state index contributed by atoms with van der Waals surface area (Å²) in [6, 6.07) is 29.3. The van der Waals surface area contributed by atoms with Gasteiger partial charge in [-0.05, 0) is 77.7 Å². The van der Waals surface area contributed by atoms with Gasteiger partial charge >= 0.3 is 0 Å². The number of fused-ring (bicyclic) bond motifs is 3. The van der Waals surface area contributed by atoms with Gasteiger partial charge in [-0.3, -0.25) is 0 Å². The Labute approximate surface area is 226 Å². The van der Waals surface area contributed by atoms with Crippen molar-refractivity contribution in [3.8, 4) is 28.6 Å². The second kappa shape index (κ2) is 8.71. The number of rotatable bonds is 3. The van der Waals surface area contributed by atoms with Gasteiger partial charge in [0.05, 0.1) is 11.0 Å². The fraction of sp³-hybridized carbons (Fsp3) is 0.133. The van der Waals surface area contributed by atoms with E-state index in [4.69, 9.17) is 4.42 Å². The summed E-state index contributed by atoms with van der Waals surface area (Å²) >= 11 is 7.26. The molecule has 0 unspecified atom stereocenters. The van der Waals surface area contributed by atoms with Crippen LogP contribution in [0.3, 0.4) is 0 Å². The smallest absolute Gasteiger partial charge is 0.248 e. The lowest BCUT2D eigenvalue weighted by Crippen LogP contribution is -2.10. The Morgan fingerprint density at radius 2 is 1.25 bits per heavy atom. The van der Waals surface area contributed by atoms with Crippen molar-refractivity contribution in [1.29, 1.82) is 0 Å². The molecule has 4 aromatic carbocycles. The van der Waals surface area contributed by atoms with Gasteiger partial charge in [-0.15, -0.1) is 10.2 Å². The standard InChI is InChI=1S/C30H23Br2N3O/c1-30(2,3)20-9-7-18(8-10-20)28-33-34-29(36-28)19-5-4-6-23(15-19)35-26-13-11-21(31)16-24(26)25-17-22(32)12-14-27(25)35/h4-17H,1-3H3. The lowest BCUT2D eigenvalue weighted by molar-refractivity contribution is 0.582. The van der Waals surface area contributed by atoms with Crippen LogP contribution in [0.25, 0.3) is 50.4 Å². The molecule has 2 heterocycles. The largest absolute Gasteiger partial charge is 0.416 e. The van der Waals surface area contributed by atoms with Crippen molar-refractivity contribution in [2.75, 3.05) is 0 Å². The Morgan fingerprint density at radius 1 is 0.667 bits per heavy atom. The van der Waals surface area contributed by atoms with Crippen LogP contribution in [0.2, 0.25) is 0 Å². The second-order valence-electron chi connectivity index (χ2n) is 9.95. The molecule has 0 aliphatic carbocycles. The predicted octanol–water partition coefficient (Wildman–Crippen LogP) is 9.32. The van der Waals surface area contributed by atoms with Crippen molar-refractivity contribution >= 4 is 53.7 Å². The zero-order chi connectivity index (χ0) is 25.0. The van der Waals surface area contributed by atoms with Crippen LogP contribution in [-0.4, -0.2) is 14.8 Å². The quantitative estimate of drug-likeness (QED) is 0.203. The molecule has 6 heteroatoms. The summed E-state index contributed by atoms with van der Waals surface area (Å²) in [5.74, 6) is 1.01. The molecule has 0 amide bonds. The highest BCUT2D eigenvalue weighted by Crippen LogP contribution is 2.36. The average Bonchev–Trinajstić information content (AvgIpc) is 3.47. The van der Waals surface area contributed by atoms with Gasteiger partial charge in [-0.25, -0.2) is 0 Å². The second-order valence-corrected chi connectivity index (χ2v) is 11.8. The van der Waals surface area contributed by atoms with E-state index in [0.29, 0.717) is 11.8 Å². The molecule has 0 radical (unpaired) electrons. The van der Waals surface area contributed by atoms with E-state index in [1.54, 1.807) is 0 Å². The van der Waals surface area contributed by atoms with E-state index in [0.717, 1.165) is 36.8 Å². The third-order valence-corrected chi connectivity index (χ3v) is 7.45. The van der Waals surface area contributed by atoms with E-state index < -0.39 is 0 Å². The Balaban J connectivity index is 1.43. The molecular weight excluding hydrogens is 578 g/mol. The molecule has 36 heavy (non-hydrogen) atoms. The summed E-state index contributed by atoms with van der Waals surface area (Å²) in [7, 11) is 0. The molecule has 0 aliphatic heterocycles. The topological polar surface area (TPSA) is 43.9 Å². The summed E-state index contributed by atoms with van der Waals surface area (Å²) in [6.45, 7) is 6.61. The minimum absolute atomic E-state index is 0.0952. The van der Waals surface area contributed by atoms with E-state index in [1.165, 1.54) is 16.3 Å². The monoisotopic (exact) mass is 599 g/mol. The highest BCUT2D eigenvalue weighted by atomic mass is 79.9. The average molecular weight is 601 g/mol. The summed E-state index contributed by atoms with van der Waals surface area (Å²) in [6.07, 6.45) is 0. The minimum atomic E-state index is 0.0952. The molecule has 0 fully saturated rings. The lowest BCUT2D eigenvalue weighted by atomic mass is 9.87. The van der Waals surface area contributed by atoms with Crippen molar-refractivity contribution < 1.29 is 4.42 Å². The number of hydrogen-bond donors (Lipinski definition) is 0. The molecule has 6 aromatic rings. The van der Waals surface area contributed by atoms with Gasteiger partial charge in [-0.1, -0.05) is 70.8 Å². The third kappa shape index (κ3) is 4.08. The van der Waals surface area contributed by atoms with Crippen LogP contribution in [0, 0.1) is 0 Å². The van der Waals surface area contributed by atoms with Crippen molar-refractivity contribution in [2.45, 2.75) is 26.2 Å². The van der Waals surface area contributed by atoms with E-state index in [1.807, 2.05) is 24.3 Å². The van der Waals surface area contributed by atoms with Gasteiger partial charge in [-0.2, -0.15) is 0 Å². The molecule has 0 bridgehead atoms. The van der Waals surface area contributed by atoms with Gasteiger partial charge in [0.1, 0.15) is 0 Å². The summed E-state index contributed by atoms with van der Waals surface area (Å²) in [5, 5.41) is 11.1. The number of aromatic nitrogens is 3. The molecule has 4 nitrogen and oxygen atoms in total. The Bertz CT molecular complexity index is 1680. The van der Waals surface area contributed by atoms with Crippen molar-refractivity contribution in [2.24, 2.45) is 0 Å². The zero-order valence-corrected chi connectivity index (χ0v) is 23.3. The van der Waals surface area contributed by atoms with Crippen LogP contribution < -0.4 is 0 Å². The van der Waals surface area contributed by atoms with Crippen LogP contribution in [-0.2, 0) is 5.41 Å². The maximum absolute atomic E-state index is 6.12. The van der Waals surface area contributed by atoms with E-state index in [-0.39, 0.29) is 5.41 Å². The van der Waals surface area contributed by atoms with Gasteiger partial charge in [0.2, 0.25) is 11.8 Å². The molecule has 178 valence electrons. The SMILES string of the molecule is CC(C)(C)c1ccc(-c2nnc(-c3cccc(-n4c5ccc(Br)cc5c5cc(Br)ccc54)c3)o2)cc1. The molecule has 0 saturated heterocycles. The third-order valence-electron chi connectivity index (χ3n) is 6.46. The van der Waals surface area contributed by atoms with Gasteiger partial charge in [0.15, 0.2) is 0 Å². The molecule has 0 atom stereocenters. The van der Waals surface area contributed by atoms with Crippen molar-refractivity contribution in [3.63, 3.8) is 0 Å². The molecule has 0 N–H and O–H groups in total. The lowest BCUT2D eigenvalue weighted by Gasteiger charge is -2.18. The first kappa shape index (κ1) is 23.2. The molecule has 2 aromatic heterocycles. The van der Waals surface area contributed by atoms with Crippen LogP contribution in [0.1, 0.15) is 26.3 Å². The number of halogens is 2. The predicted molar refractivity (Wildman–Crippen MR) is 154 cm³/mol. The fourth-order valence-corrected chi connectivity index (χ4v) is 5.32. The van der Waals surface area contributed by atoms with Crippen LogP contribution >= 0.6 is 31.9 Å². The van der Waals surface area contributed by atoms with E-state index in [2.05, 4.69) is 128 Å². The molecule has 6 rings (SSSR count). The van der Waals surface area contributed by atoms with Gasteiger partial charge in [0.25, 0.3) is 0 Å². The molecule has 0 saturated carbocycles. The number of hydrogen-bond acceptors (Lipinski definition) is 3. The first-order chi connectivity index (χ1) is 17.3. The summed E-state index contributed by atoms with van der Waals surface area (Å²) in [4.78, 5) is 0. The van der Waals surface area contributed by atoms with Crippen LogP contribution in [0.5, 0.6) is 0 Å². The van der Waals surface area contributed by atoms with Gasteiger partial charge < -0.3 is 8.98 Å². The normalized spacial score (nSPS) is 12.0. The highest BCUT2D eigenvalue weighted by Gasteiger charge is 2.17. The van der Waals surface area contributed by atoms with E-state index >= 15 is 0 Å². The van der Waals surface area contributed by atoms with Crippen molar-refractivity contribution in [3.05, 3.63) is 99.4 Å². The maximum Gasteiger partial charge on any atom is 0.248 e. The number of nitrogens with zero attached hydrogens (tertiary/aromatic N) is 3. The summed E-state index contributed by atoms with van der Waals surface area (Å²) in [5.41, 5.74) is 6.45. The Morgan fingerprint density at radius 3 is 1.83 bits per heavy atom. The van der Waals surface area contributed by atoms with E-state index in [9.17, 15) is 0 Å². The summed E-state index contributed by atoms with van der Waals surface area (Å²) < 4.78 is 10.5. The Kier molecular flexibility index (Phi) is 5.61. The fourth-order valence-electron chi connectivity index (χ4n) is 4.59. The molecular formula is C30H23Br2N3O. The molecule has 0 spiro atoms. The Hall–Kier alpha value is -3.22. The zero-order valence-electron chi connectivity index (χ0n) is 20.1. The van der Waals surface area contributed by atoms with Crippen LogP contribution in [0.4, 0.5) is 0 Å². The highest BCUT2D eigenvalue weighted by molar-refractivity contribution is 9.10. The van der Waals surface area contributed by atoms with Gasteiger partial charge in [0, 0.05) is 36.5 Å². The maximum atomic E-state index is 6.12. The minimum Gasteiger partial charge on any atom is -0.416 e.